The van der Waals surface area contributed by atoms with Gasteiger partial charge in [0, 0.05) is 10.5 Å². The van der Waals surface area contributed by atoms with E-state index in [1.807, 2.05) is 13.1 Å². The van der Waals surface area contributed by atoms with Crippen molar-refractivity contribution in [3.63, 3.8) is 0 Å². The van der Waals surface area contributed by atoms with E-state index in [0.29, 0.717) is 6.04 Å². The summed E-state index contributed by atoms with van der Waals surface area (Å²) >= 11 is 3.36. The largest absolute Gasteiger partial charge is 0.317 e. The number of rotatable bonds is 5. The van der Waals surface area contributed by atoms with Crippen LogP contribution in [0.4, 0.5) is 4.39 Å². The van der Waals surface area contributed by atoms with Gasteiger partial charge < -0.3 is 5.32 Å². The van der Waals surface area contributed by atoms with Gasteiger partial charge in [0.05, 0.1) is 0 Å². The van der Waals surface area contributed by atoms with Crippen LogP contribution < -0.4 is 5.32 Å². The zero-order valence-corrected chi connectivity index (χ0v) is 13.2. The normalized spacial score (nSPS) is 18.5. The Hall–Kier alpha value is -0.410. The topological polar surface area (TPSA) is 12.0 Å². The molecule has 1 aromatic rings. The van der Waals surface area contributed by atoms with Crippen LogP contribution in [-0.4, -0.2) is 13.1 Å². The summed E-state index contributed by atoms with van der Waals surface area (Å²) in [5.74, 6) is 0.695. The Kier molecular flexibility index (Phi) is 5.83. The van der Waals surface area contributed by atoms with Crippen LogP contribution in [0.3, 0.4) is 0 Å². The second kappa shape index (κ2) is 7.39. The summed E-state index contributed by atoms with van der Waals surface area (Å²) in [6.07, 6.45) is 9.01. The van der Waals surface area contributed by atoms with Crippen molar-refractivity contribution in [3.05, 3.63) is 34.1 Å². The molecule has 1 saturated carbocycles. The molecule has 1 fully saturated rings. The SMILES string of the molecule is CNC(Cc1cc(F)cc(Br)c1)CC1CCCCC1. The van der Waals surface area contributed by atoms with Crippen LogP contribution in [0.15, 0.2) is 22.7 Å². The van der Waals surface area contributed by atoms with E-state index >= 15 is 0 Å². The highest BCUT2D eigenvalue weighted by Crippen LogP contribution is 2.28. The van der Waals surface area contributed by atoms with Crippen LogP contribution in [0.5, 0.6) is 0 Å². The van der Waals surface area contributed by atoms with Gasteiger partial charge in [-0.25, -0.2) is 4.39 Å². The molecule has 1 unspecified atom stereocenters. The van der Waals surface area contributed by atoms with Crippen LogP contribution >= 0.6 is 15.9 Å². The third-order valence-corrected chi connectivity index (χ3v) is 4.61. The molecule has 0 spiro atoms. The number of likely N-dealkylation sites (N-methyl/N-ethyl adjacent to an activating group) is 1. The van der Waals surface area contributed by atoms with Crippen molar-refractivity contribution in [1.82, 2.24) is 5.32 Å². The smallest absolute Gasteiger partial charge is 0.124 e. The number of halogens is 2. The summed E-state index contributed by atoms with van der Waals surface area (Å²) in [7, 11) is 2.02. The molecule has 0 aromatic heterocycles. The predicted octanol–water partition coefficient (Wildman–Crippen LogP) is 4.69. The van der Waals surface area contributed by atoms with Crippen LogP contribution in [0.2, 0.25) is 0 Å². The molecule has 0 aliphatic heterocycles. The quantitative estimate of drug-likeness (QED) is 0.827. The van der Waals surface area contributed by atoms with Crippen molar-refractivity contribution < 1.29 is 4.39 Å². The molecular weight excluding hydrogens is 305 g/mol. The van der Waals surface area contributed by atoms with Crippen LogP contribution in [0.1, 0.15) is 44.1 Å². The monoisotopic (exact) mass is 327 g/mol. The summed E-state index contributed by atoms with van der Waals surface area (Å²) in [6, 6.07) is 5.64. The maximum Gasteiger partial charge on any atom is 0.124 e. The van der Waals surface area contributed by atoms with Gasteiger partial charge in [0.2, 0.25) is 0 Å². The van der Waals surface area contributed by atoms with Crippen LogP contribution in [-0.2, 0) is 6.42 Å². The number of benzene rings is 1. The van der Waals surface area contributed by atoms with E-state index in [2.05, 4.69) is 21.2 Å². The molecule has 0 saturated heterocycles. The van der Waals surface area contributed by atoms with Crippen molar-refractivity contribution in [2.45, 2.75) is 51.0 Å². The maximum absolute atomic E-state index is 13.4. The Bertz CT molecular complexity index is 381. The Morgan fingerprint density at radius 2 is 2.00 bits per heavy atom. The van der Waals surface area contributed by atoms with Crippen molar-refractivity contribution in [3.8, 4) is 0 Å². The van der Waals surface area contributed by atoms with Gasteiger partial charge in [-0.1, -0.05) is 48.0 Å². The fraction of sp³-hybridized carbons (Fsp3) is 0.625. The lowest BCUT2D eigenvalue weighted by molar-refractivity contribution is 0.302. The van der Waals surface area contributed by atoms with Crippen molar-refractivity contribution >= 4 is 15.9 Å². The molecule has 1 aliphatic rings. The van der Waals surface area contributed by atoms with Gasteiger partial charge in [0.1, 0.15) is 5.82 Å². The predicted molar refractivity (Wildman–Crippen MR) is 81.8 cm³/mol. The molecule has 2 rings (SSSR count). The van der Waals surface area contributed by atoms with E-state index in [1.165, 1.54) is 44.6 Å². The van der Waals surface area contributed by atoms with Gasteiger partial charge >= 0.3 is 0 Å². The Labute approximate surface area is 124 Å². The highest BCUT2D eigenvalue weighted by Gasteiger charge is 2.18. The van der Waals surface area contributed by atoms with E-state index < -0.39 is 0 Å². The second-order valence-electron chi connectivity index (χ2n) is 5.71. The van der Waals surface area contributed by atoms with Crippen LogP contribution in [0, 0.1) is 11.7 Å². The lowest BCUT2D eigenvalue weighted by atomic mass is 9.83. The molecule has 0 heterocycles. The fourth-order valence-electron chi connectivity index (χ4n) is 3.14. The number of nitrogens with one attached hydrogen (secondary N) is 1. The molecule has 1 atom stereocenters. The molecule has 106 valence electrons. The first-order valence-electron chi connectivity index (χ1n) is 7.29. The summed E-state index contributed by atoms with van der Waals surface area (Å²) in [5.41, 5.74) is 1.07. The van der Waals surface area contributed by atoms with Gasteiger partial charge in [-0.2, -0.15) is 0 Å². The molecule has 1 aliphatic carbocycles. The zero-order valence-electron chi connectivity index (χ0n) is 11.6. The van der Waals surface area contributed by atoms with E-state index in [4.69, 9.17) is 0 Å². The van der Waals surface area contributed by atoms with E-state index in [-0.39, 0.29) is 5.82 Å². The van der Waals surface area contributed by atoms with Gasteiger partial charge in [0.25, 0.3) is 0 Å². The highest BCUT2D eigenvalue weighted by molar-refractivity contribution is 9.10. The average Bonchev–Trinajstić information content (AvgIpc) is 2.38. The summed E-state index contributed by atoms with van der Waals surface area (Å²) in [6.45, 7) is 0. The molecule has 0 radical (unpaired) electrons. The Morgan fingerprint density at radius 1 is 1.26 bits per heavy atom. The average molecular weight is 328 g/mol. The third-order valence-electron chi connectivity index (χ3n) is 4.16. The van der Waals surface area contributed by atoms with Gasteiger partial charge in [0.15, 0.2) is 0 Å². The molecule has 3 heteroatoms. The molecule has 0 amide bonds. The van der Waals surface area contributed by atoms with E-state index in [1.54, 1.807) is 6.07 Å². The van der Waals surface area contributed by atoms with E-state index in [0.717, 1.165) is 22.4 Å². The summed E-state index contributed by atoms with van der Waals surface area (Å²) < 4.78 is 14.2. The molecular formula is C16H23BrFN. The van der Waals surface area contributed by atoms with Crippen molar-refractivity contribution in [1.29, 1.82) is 0 Å². The summed E-state index contributed by atoms with van der Waals surface area (Å²) in [5, 5.41) is 3.40. The number of hydrogen-bond donors (Lipinski definition) is 1. The lowest BCUT2D eigenvalue weighted by Gasteiger charge is -2.26. The van der Waals surface area contributed by atoms with E-state index in [9.17, 15) is 4.39 Å². The second-order valence-corrected chi connectivity index (χ2v) is 6.62. The molecule has 1 nitrogen and oxygen atoms in total. The van der Waals surface area contributed by atoms with Crippen molar-refractivity contribution in [2.75, 3.05) is 7.05 Å². The molecule has 1 N–H and O–H groups in total. The fourth-order valence-corrected chi connectivity index (χ4v) is 3.65. The first kappa shape index (κ1) is 15.0. The van der Waals surface area contributed by atoms with Gasteiger partial charge in [-0.3, -0.25) is 0 Å². The first-order valence-corrected chi connectivity index (χ1v) is 8.09. The Balaban J connectivity index is 1.93. The van der Waals surface area contributed by atoms with Gasteiger partial charge in [-0.05, 0) is 49.6 Å². The Morgan fingerprint density at radius 3 is 2.63 bits per heavy atom. The highest BCUT2D eigenvalue weighted by atomic mass is 79.9. The molecule has 0 bridgehead atoms. The zero-order chi connectivity index (χ0) is 13.7. The van der Waals surface area contributed by atoms with Gasteiger partial charge in [-0.15, -0.1) is 0 Å². The minimum Gasteiger partial charge on any atom is -0.317 e. The third kappa shape index (κ3) is 4.88. The summed E-state index contributed by atoms with van der Waals surface area (Å²) in [4.78, 5) is 0. The van der Waals surface area contributed by atoms with Crippen molar-refractivity contribution in [2.24, 2.45) is 5.92 Å². The molecule has 1 aromatic carbocycles. The molecule has 19 heavy (non-hydrogen) atoms. The minimum absolute atomic E-state index is 0.156. The first-order chi connectivity index (χ1) is 9.17. The van der Waals surface area contributed by atoms with Crippen LogP contribution in [0.25, 0.3) is 0 Å². The maximum atomic E-state index is 13.4. The number of hydrogen-bond acceptors (Lipinski definition) is 1. The lowest BCUT2D eigenvalue weighted by Crippen LogP contribution is -2.30. The minimum atomic E-state index is -0.156. The standard InChI is InChI=1S/C16H23BrFN/c1-19-16(9-12-5-3-2-4-6-12)10-13-7-14(17)11-15(18)8-13/h7-8,11-12,16,19H,2-6,9-10H2,1H3.